The Morgan fingerprint density at radius 3 is 1.31 bits per heavy atom. The molecule has 0 heterocycles. The molecule has 0 aromatic heterocycles. The number of aliphatic hydroxyl groups excluding tert-OH is 2. The summed E-state index contributed by atoms with van der Waals surface area (Å²) in [4.78, 5) is 9.97. The standard InChI is InChI=1S/C42H83O8P/c1-3-5-7-9-11-13-15-17-19-21-23-25-27-29-31-33-35-47-39-42(40-50-51(45,46)49-38-41(44)37-43)48-36-34-32-30-28-26-24-22-20-18-16-14-12-10-8-6-4-2/h17-20,41-44H,3-16,21-40H2,1-2H3,(H,45,46)/b19-17-,20-18-/t41?,42-/m1/s1. The molecule has 0 bridgehead atoms. The average Bonchev–Trinajstić information content (AvgIpc) is 3.13. The Morgan fingerprint density at radius 1 is 0.510 bits per heavy atom. The van der Waals surface area contributed by atoms with Crippen molar-refractivity contribution in [2.45, 2.75) is 206 Å². The van der Waals surface area contributed by atoms with E-state index >= 15 is 0 Å². The third-order valence-electron chi connectivity index (χ3n) is 9.18. The number of aliphatic hydroxyl groups is 2. The number of rotatable bonds is 42. The fourth-order valence-corrected chi connectivity index (χ4v) is 6.65. The number of phosphoric acid groups is 1. The summed E-state index contributed by atoms with van der Waals surface area (Å²) >= 11 is 0. The lowest BCUT2D eigenvalue weighted by atomic mass is 10.1. The van der Waals surface area contributed by atoms with Gasteiger partial charge in [0.25, 0.3) is 0 Å². The highest BCUT2D eigenvalue weighted by Gasteiger charge is 2.25. The van der Waals surface area contributed by atoms with Gasteiger partial charge in [-0.05, 0) is 64.2 Å². The second-order valence-electron chi connectivity index (χ2n) is 14.3. The normalized spacial score (nSPS) is 14.5. The molecule has 0 aliphatic rings. The zero-order chi connectivity index (χ0) is 37.4. The summed E-state index contributed by atoms with van der Waals surface area (Å²) in [5.74, 6) is 0. The van der Waals surface area contributed by atoms with Crippen LogP contribution in [0, 0.1) is 0 Å². The van der Waals surface area contributed by atoms with Gasteiger partial charge < -0.3 is 24.6 Å². The van der Waals surface area contributed by atoms with Crippen molar-refractivity contribution in [1.82, 2.24) is 0 Å². The third kappa shape index (κ3) is 40.5. The second-order valence-corrected chi connectivity index (χ2v) is 15.8. The fourth-order valence-electron chi connectivity index (χ4n) is 5.86. The Labute approximate surface area is 315 Å². The molecule has 3 atom stereocenters. The minimum atomic E-state index is -4.38. The zero-order valence-corrected chi connectivity index (χ0v) is 34.2. The monoisotopic (exact) mass is 747 g/mol. The van der Waals surface area contributed by atoms with Crippen LogP contribution in [0.5, 0.6) is 0 Å². The number of unbranched alkanes of at least 4 members (excludes halogenated alkanes) is 24. The Morgan fingerprint density at radius 2 is 0.882 bits per heavy atom. The minimum Gasteiger partial charge on any atom is -0.394 e. The molecule has 0 aliphatic heterocycles. The smallest absolute Gasteiger partial charge is 0.394 e. The van der Waals surface area contributed by atoms with Crippen LogP contribution < -0.4 is 0 Å². The fraction of sp³-hybridized carbons (Fsp3) is 0.905. The Balaban J connectivity index is 4.06. The first kappa shape index (κ1) is 50.4. The summed E-state index contributed by atoms with van der Waals surface area (Å²) in [6.07, 6.45) is 42.8. The topological polar surface area (TPSA) is 115 Å². The predicted molar refractivity (Wildman–Crippen MR) is 214 cm³/mol. The molecule has 2 unspecified atom stereocenters. The van der Waals surface area contributed by atoms with E-state index in [0.717, 1.165) is 25.7 Å². The average molecular weight is 747 g/mol. The highest BCUT2D eigenvalue weighted by Crippen LogP contribution is 2.43. The van der Waals surface area contributed by atoms with E-state index in [-0.39, 0.29) is 13.2 Å². The lowest BCUT2D eigenvalue weighted by Gasteiger charge is -2.20. The summed E-state index contributed by atoms with van der Waals surface area (Å²) in [7, 11) is -4.38. The van der Waals surface area contributed by atoms with E-state index in [0.29, 0.717) is 13.2 Å². The van der Waals surface area contributed by atoms with Gasteiger partial charge in [-0.15, -0.1) is 0 Å². The molecule has 0 saturated heterocycles. The maximum absolute atomic E-state index is 12.2. The first-order chi connectivity index (χ1) is 24.9. The van der Waals surface area contributed by atoms with Crippen LogP contribution in [0.25, 0.3) is 0 Å². The first-order valence-electron chi connectivity index (χ1n) is 21.3. The molecule has 8 nitrogen and oxygen atoms in total. The summed E-state index contributed by atoms with van der Waals surface area (Å²) in [6, 6.07) is 0. The number of ether oxygens (including phenoxy) is 2. The van der Waals surface area contributed by atoms with Crippen LogP contribution in [-0.4, -0.2) is 67.0 Å². The number of hydrogen-bond acceptors (Lipinski definition) is 7. The predicted octanol–water partition coefficient (Wildman–Crippen LogP) is 11.9. The van der Waals surface area contributed by atoms with E-state index in [2.05, 4.69) is 38.2 Å². The molecule has 0 amide bonds. The first-order valence-corrected chi connectivity index (χ1v) is 22.8. The molecule has 3 N–H and O–H groups in total. The van der Waals surface area contributed by atoms with Crippen molar-refractivity contribution in [3.8, 4) is 0 Å². The van der Waals surface area contributed by atoms with E-state index < -0.39 is 33.2 Å². The van der Waals surface area contributed by atoms with Crippen LogP contribution >= 0.6 is 7.82 Å². The van der Waals surface area contributed by atoms with Gasteiger partial charge in [-0.3, -0.25) is 9.05 Å². The van der Waals surface area contributed by atoms with Crippen LogP contribution in [0.2, 0.25) is 0 Å². The Hall–Kier alpha value is -0.570. The van der Waals surface area contributed by atoms with Gasteiger partial charge in [0.05, 0.1) is 26.4 Å². The highest BCUT2D eigenvalue weighted by atomic mass is 31.2. The van der Waals surface area contributed by atoms with Gasteiger partial charge in [-0.25, -0.2) is 4.57 Å². The van der Waals surface area contributed by atoms with Crippen LogP contribution in [0.3, 0.4) is 0 Å². The van der Waals surface area contributed by atoms with Crippen molar-refractivity contribution in [1.29, 1.82) is 0 Å². The molecule has 0 spiro atoms. The maximum atomic E-state index is 12.2. The van der Waals surface area contributed by atoms with Crippen molar-refractivity contribution in [3.63, 3.8) is 0 Å². The zero-order valence-electron chi connectivity index (χ0n) is 33.3. The van der Waals surface area contributed by atoms with Gasteiger partial charge in [0.1, 0.15) is 12.2 Å². The maximum Gasteiger partial charge on any atom is 0.472 e. The van der Waals surface area contributed by atoms with Gasteiger partial charge in [-0.1, -0.05) is 154 Å². The van der Waals surface area contributed by atoms with Gasteiger partial charge in [0.15, 0.2) is 0 Å². The molecule has 0 aromatic rings. The summed E-state index contributed by atoms with van der Waals surface area (Å²) in [5.41, 5.74) is 0. The van der Waals surface area contributed by atoms with E-state index in [4.69, 9.17) is 23.6 Å². The van der Waals surface area contributed by atoms with E-state index in [9.17, 15) is 14.6 Å². The van der Waals surface area contributed by atoms with Crippen molar-refractivity contribution in [2.75, 3.05) is 39.6 Å². The van der Waals surface area contributed by atoms with Crippen molar-refractivity contribution in [2.24, 2.45) is 0 Å². The molecular formula is C42H83O8P. The minimum absolute atomic E-state index is 0.150. The molecule has 0 aliphatic carbocycles. The molecule has 304 valence electrons. The largest absolute Gasteiger partial charge is 0.472 e. The summed E-state index contributed by atoms with van der Waals surface area (Å²) < 4.78 is 34.0. The van der Waals surface area contributed by atoms with Gasteiger partial charge >= 0.3 is 7.82 Å². The number of phosphoric ester groups is 1. The van der Waals surface area contributed by atoms with Crippen molar-refractivity contribution >= 4 is 7.82 Å². The van der Waals surface area contributed by atoms with Gasteiger partial charge in [0, 0.05) is 13.2 Å². The molecule has 0 saturated carbocycles. The van der Waals surface area contributed by atoms with E-state index in [1.165, 1.54) is 154 Å². The Kier molecular flexibility index (Phi) is 40.2. The van der Waals surface area contributed by atoms with Gasteiger partial charge in [0.2, 0.25) is 0 Å². The Bertz CT molecular complexity index is 793. The quantitative estimate of drug-likeness (QED) is 0.0321. The third-order valence-corrected chi connectivity index (χ3v) is 10.1. The molecular weight excluding hydrogens is 663 g/mol. The van der Waals surface area contributed by atoms with Crippen molar-refractivity contribution < 1.29 is 38.2 Å². The number of allylic oxidation sites excluding steroid dienone is 4. The molecule has 9 heteroatoms. The lowest BCUT2D eigenvalue weighted by molar-refractivity contribution is -0.0462. The highest BCUT2D eigenvalue weighted by molar-refractivity contribution is 7.47. The molecule has 51 heavy (non-hydrogen) atoms. The summed E-state index contributed by atoms with van der Waals surface area (Å²) in [5, 5.41) is 18.3. The molecule has 0 radical (unpaired) electrons. The van der Waals surface area contributed by atoms with Crippen molar-refractivity contribution in [3.05, 3.63) is 24.3 Å². The number of hydrogen-bond donors (Lipinski definition) is 3. The lowest BCUT2D eigenvalue weighted by Crippen LogP contribution is -2.27. The molecule has 0 fully saturated rings. The van der Waals surface area contributed by atoms with Crippen LogP contribution in [0.15, 0.2) is 24.3 Å². The van der Waals surface area contributed by atoms with E-state index in [1.807, 2.05) is 0 Å². The SMILES string of the molecule is CCCCCCCC/C=C\CCCCCCCCOC[C@H](COP(=O)(O)OCC(O)CO)OCCCCCCCC/C=C\CCCCCCCC. The van der Waals surface area contributed by atoms with Crippen LogP contribution in [0.4, 0.5) is 0 Å². The van der Waals surface area contributed by atoms with E-state index in [1.54, 1.807) is 0 Å². The van der Waals surface area contributed by atoms with Crippen LogP contribution in [-0.2, 0) is 23.1 Å². The molecule has 0 aromatic carbocycles. The molecule has 0 rings (SSSR count). The van der Waals surface area contributed by atoms with Gasteiger partial charge in [-0.2, -0.15) is 0 Å². The second kappa shape index (κ2) is 40.6. The van der Waals surface area contributed by atoms with Crippen LogP contribution in [0.1, 0.15) is 194 Å². The summed E-state index contributed by atoms with van der Waals surface area (Å²) in [6.45, 7) is 4.75.